The minimum Gasteiger partial charge on any atom is -0.366 e. The number of rotatable bonds is 1. The van der Waals surface area contributed by atoms with Gasteiger partial charge in [-0.2, -0.15) is 0 Å². The van der Waals surface area contributed by atoms with Crippen LogP contribution < -0.4 is 5.32 Å². The van der Waals surface area contributed by atoms with Gasteiger partial charge in [0, 0.05) is 30.2 Å². The fraction of sp³-hybridized carbons (Fsp3) is 0.286. The monoisotopic (exact) mass is 273 g/mol. The molecule has 0 radical (unpaired) electrons. The second-order valence-electron chi connectivity index (χ2n) is 4.74. The minimum absolute atomic E-state index is 0.133. The maximum absolute atomic E-state index is 11.4. The Morgan fingerprint density at radius 2 is 2.32 bits per heavy atom. The molecule has 1 aliphatic heterocycles. The normalized spacial score (nSPS) is 18.2. The van der Waals surface area contributed by atoms with E-state index in [9.17, 15) is 4.79 Å². The van der Waals surface area contributed by atoms with Crippen LogP contribution in [0.3, 0.4) is 0 Å². The molecule has 1 unspecified atom stereocenters. The highest BCUT2D eigenvalue weighted by Gasteiger charge is 2.29. The number of fused-ring (bicyclic) bond motifs is 3. The molecule has 1 aromatic heterocycles. The number of hydrogen-bond donors (Lipinski definition) is 2. The number of benzene rings is 1. The smallest absolute Gasteiger partial charge is 0.169 e. The maximum Gasteiger partial charge on any atom is 0.169 e. The Labute approximate surface area is 116 Å². The molecular weight excluding hydrogens is 258 g/mol. The molecule has 0 spiro atoms. The first-order valence-electron chi connectivity index (χ1n) is 6.26. The highest BCUT2D eigenvalue weighted by molar-refractivity contribution is 7.80. The van der Waals surface area contributed by atoms with E-state index in [1.807, 2.05) is 23.1 Å². The lowest BCUT2D eigenvalue weighted by Gasteiger charge is -2.32. The van der Waals surface area contributed by atoms with Crippen molar-refractivity contribution in [2.24, 2.45) is 0 Å². The molecule has 0 amide bonds. The van der Waals surface area contributed by atoms with Crippen LogP contribution >= 0.6 is 12.2 Å². The van der Waals surface area contributed by atoms with Crippen molar-refractivity contribution >= 4 is 34.5 Å². The predicted molar refractivity (Wildman–Crippen MR) is 79.2 cm³/mol. The molecule has 1 atom stereocenters. The highest BCUT2D eigenvalue weighted by Crippen LogP contribution is 2.33. The van der Waals surface area contributed by atoms with Crippen LogP contribution in [-0.2, 0) is 11.3 Å². The van der Waals surface area contributed by atoms with Gasteiger partial charge in [0.15, 0.2) is 5.11 Å². The number of nitrogens with zero attached hydrogens (tertiary/aromatic N) is 1. The molecule has 2 heterocycles. The molecule has 0 saturated heterocycles. The predicted octanol–water partition coefficient (Wildman–Crippen LogP) is 1.77. The number of aldehydes is 1. The largest absolute Gasteiger partial charge is 0.366 e. The van der Waals surface area contributed by atoms with Crippen molar-refractivity contribution in [3.63, 3.8) is 0 Å². The van der Waals surface area contributed by atoms with Gasteiger partial charge in [-0.3, -0.25) is 0 Å². The van der Waals surface area contributed by atoms with Gasteiger partial charge in [-0.25, -0.2) is 0 Å². The second-order valence-corrected chi connectivity index (χ2v) is 5.13. The summed E-state index contributed by atoms with van der Waals surface area (Å²) in [4.78, 5) is 16.8. The van der Waals surface area contributed by atoms with Crippen molar-refractivity contribution in [1.29, 1.82) is 0 Å². The molecule has 0 aliphatic carbocycles. The van der Waals surface area contributed by atoms with Crippen molar-refractivity contribution in [3.8, 4) is 0 Å². The first-order chi connectivity index (χ1) is 9.24. The molecule has 2 N–H and O–H groups in total. The lowest BCUT2D eigenvalue weighted by atomic mass is 9.93. The van der Waals surface area contributed by atoms with Gasteiger partial charge in [-0.15, -0.1) is 0 Å². The van der Waals surface area contributed by atoms with Gasteiger partial charge in [0.05, 0.1) is 12.5 Å². The third-order valence-corrected chi connectivity index (χ3v) is 4.09. The van der Waals surface area contributed by atoms with Crippen molar-refractivity contribution in [2.75, 3.05) is 13.6 Å². The zero-order valence-electron chi connectivity index (χ0n) is 10.6. The number of aromatic amines is 1. The van der Waals surface area contributed by atoms with E-state index in [2.05, 4.69) is 16.4 Å². The Kier molecular flexibility index (Phi) is 2.98. The number of hydrogen-bond acceptors (Lipinski definition) is 2. The van der Waals surface area contributed by atoms with Crippen molar-refractivity contribution in [3.05, 3.63) is 35.5 Å². The zero-order chi connectivity index (χ0) is 13.4. The molecule has 0 fully saturated rings. The third-order valence-electron chi connectivity index (χ3n) is 3.63. The van der Waals surface area contributed by atoms with Gasteiger partial charge in [-0.1, -0.05) is 18.2 Å². The van der Waals surface area contributed by atoms with E-state index in [0.29, 0.717) is 18.2 Å². The van der Waals surface area contributed by atoms with Crippen LogP contribution in [0.5, 0.6) is 0 Å². The third kappa shape index (κ3) is 1.90. The summed E-state index contributed by atoms with van der Waals surface area (Å²) in [5, 5.41) is 4.79. The molecule has 2 aromatic rings. The zero-order valence-corrected chi connectivity index (χ0v) is 11.5. The summed E-state index contributed by atoms with van der Waals surface area (Å²) in [6.07, 6.45) is 1.02. The van der Waals surface area contributed by atoms with E-state index >= 15 is 0 Å². The van der Waals surface area contributed by atoms with Gasteiger partial charge in [-0.05, 0) is 23.8 Å². The average molecular weight is 273 g/mol. The molecule has 1 aromatic carbocycles. The first-order valence-corrected chi connectivity index (χ1v) is 6.67. The molecule has 0 saturated carbocycles. The van der Waals surface area contributed by atoms with Crippen LogP contribution in [0.2, 0.25) is 0 Å². The van der Waals surface area contributed by atoms with Gasteiger partial charge < -0.3 is 20.0 Å². The Balaban J connectivity index is 2.11. The van der Waals surface area contributed by atoms with E-state index in [0.717, 1.165) is 28.4 Å². The number of aromatic nitrogens is 1. The van der Waals surface area contributed by atoms with Crippen LogP contribution in [0.4, 0.5) is 0 Å². The first kappa shape index (κ1) is 12.2. The Morgan fingerprint density at radius 3 is 3.05 bits per heavy atom. The van der Waals surface area contributed by atoms with Gasteiger partial charge in [0.1, 0.15) is 6.29 Å². The summed E-state index contributed by atoms with van der Waals surface area (Å²) in [6.45, 7) is 1.35. The lowest BCUT2D eigenvalue weighted by Crippen LogP contribution is -2.42. The lowest BCUT2D eigenvalue weighted by molar-refractivity contribution is -0.109. The van der Waals surface area contributed by atoms with Crippen LogP contribution in [0.25, 0.3) is 10.9 Å². The van der Waals surface area contributed by atoms with Crippen LogP contribution in [-0.4, -0.2) is 34.9 Å². The second kappa shape index (κ2) is 4.66. The van der Waals surface area contributed by atoms with E-state index in [1.54, 1.807) is 7.05 Å². The Bertz CT molecular complexity index is 649. The number of para-hydroxylation sites is 1. The van der Waals surface area contributed by atoms with E-state index in [4.69, 9.17) is 12.2 Å². The summed E-state index contributed by atoms with van der Waals surface area (Å²) in [7, 11) is 1.80. The molecule has 4 nitrogen and oxygen atoms in total. The summed E-state index contributed by atoms with van der Waals surface area (Å²) in [6, 6.07) is 8.10. The summed E-state index contributed by atoms with van der Waals surface area (Å²) >= 11 is 5.27. The Morgan fingerprint density at radius 1 is 1.53 bits per heavy atom. The van der Waals surface area contributed by atoms with E-state index < -0.39 is 0 Å². The SMILES string of the molecule is CNC(=S)N1Cc2[nH]c3ccccc3c2C(C=O)C1. The quantitative estimate of drug-likeness (QED) is 0.614. The number of nitrogens with one attached hydrogen (secondary N) is 2. The summed E-state index contributed by atoms with van der Waals surface area (Å²) in [5.74, 6) is -0.133. The number of carbonyl (C=O) groups is 1. The van der Waals surface area contributed by atoms with Crippen molar-refractivity contribution in [2.45, 2.75) is 12.5 Å². The molecule has 98 valence electrons. The number of thiocarbonyl (C=S) groups is 1. The molecule has 0 bridgehead atoms. The number of H-pyrrole nitrogens is 1. The molecule has 19 heavy (non-hydrogen) atoms. The topological polar surface area (TPSA) is 48.1 Å². The fourth-order valence-electron chi connectivity index (χ4n) is 2.78. The van der Waals surface area contributed by atoms with Crippen molar-refractivity contribution in [1.82, 2.24) is 15.2 Å². The van der Waals surface area contributed by atoms with Crippen LogP contribution in [0.15, 0.2) is 24.3 Å². The fourth-order valence-corrected chi connectivity index (χ4v) is 2.91. The molecular formula is C14H15N3OS. The molecule has 1 aliphatic rings. The van der Waals surface area contributed by atoms with Gasteiger partial charge >= 0.3 is 0 Å². The van der Waals surface area contributed by atoms with Crippen LogP contribution in [0, 0.1) is 0 Å². The standard InChI is InChI=1S/C14H15N3OS/c1-15-14(19)17-6-9(8-18)13-10-4-2-3-5-11(10)16-12(13)7-17/h2-5,8-9,16H,6-7H2,1H3,(H,15,19). The highest BCUT2D eigenvalue weighted by atomic mass is 32.1. The van der Waals surface area contributed by atoms with Gasteiger partial charge in [0.25, 0.3) is 0 Å². The summed E-state index contributed by atoms with van der Waals surface area (Å²) < 4.78 is 0. The van der Waals surface area contributed by atoms with E-state index in [-0.39, 0.29) is 5.92 Å². The van der Waals surface area contributed by atoms with E-state index in [1.165, 1.54) is 0 Å². The average Bonchev–Trinajstić information content (AvgIpc) is 2.83. The maximum atomic E-state index is 11.4. The summed E-state index contributed by atoms with van der Waals surface area (Å²) in [5.41, 5.74) is 3.29. The minimum atomic E-state index is -0.133. The molecule has 3 rings (SSSR count). The van der Waals surface area contributed by atoms with Crippen molar-refractivity contribution < 1.29 is 4.79 Å². The molecule has 5 heteroatoms. The van der Waals surface area contributed by atoms with Crippen LogP contribution in [0.1, 0.15) is 17.2 Å². The Hall–Kier alpha value is -1.88. The van der Waals surface area contributed by atoms with Gasteiger partial charge in [0.2, 0.25) is 0 Å². The number of carbonyl (C=O) groups excluding carboxylic acids is 1.